The predicted octanol–water partition coefficient (Wildman–Crippen LogP) is 7.00. The van der Waals surface area contributed by atoms with Gasteiger partial charge in [-0.15, -0.1) is 0 Å². The molecular weight excluding hydrogens is 442 g/mol. The number of aromatic nitrogens is 5. The van der Waals surface area contributed by atoms with Gasteiger partial charge in [0.1, 0.15) is 0 Å². The van der Waals surface area contributed by atoms with Crippen LogP contribution in [-0.2, 0) is 0 Å². The molecule has 6 aromatic rings. The van der Waals surface area contributed by atoms with Gasteiger partial charge in [0.05, 0.1) is 11.9 Å². The van der Waals surface area contributed by atoms with Crippen molar-refractivity contribution in [2.75, 3.05) is 0 Å². The van der Waals surface area contributed by atoms with Crippen molar-refractivity contribution in [1.82, 2.24) is 24.9 Å². The minimum absolute atomic E-state index is 0.602. The average Bonchev–Trinajstić information content (AvgIpc) is 2.98. The van der Waals surface area contributed by atoms with E-state index in [1.807, 2.05) is 78.9 Å². The smallest absolute Gasteiger partial charge is 0.164 e. The Morgan fingerprint density at radius 3 is 1.39 bits per heavy atom. The molecule has 0 saturated heterocycles. The summed E-state index contributed by atoms with van der Waals surface area (Å²) in [6, 6.07) is 36.6. The number of hydrogen-bond donors (Lipinski definition) is 0. The largest absolute Gasteiger partial charge is 0.261 e. The maximum absolute atomic E-state index is 4.91. The Morgan fingerprint density at radius 1 is 0.389 bits per heavy atom. The van der Waals surface area contributed by atoms with Crippen LogP contribution in [0, 0.1) is 0 Å². The second kappa shape index (κ2) is 9.68. The lowest BCUT2D eigenvalue weighted by Crippen LogP contribution is -2.00. The monoisotopic (exact) mass is 463 g/mol. The van der Waals surface area contributed by atoms with Gasteiger partial charge in [0, 0.05) is 34.6 Å². The molecule has 0 saturated carbocycles. The standard InChI is InChI=1S/C31H21N5/c1-4-10-22(11-5-1)25-18-26(28-21-32-16-17-33-28)20-27(19-25)31-35-29(23-12-6-2-7-13-23)34-30(36-31)24-14-8-3-9-15-24/h1-21H. The summed E-state index contributed by atoms with van der Waals surface area (Å²) in [5.41, 5.74) is 6.65. The van der Waals surface area contributed by atoms with Crippen molar-refractivity contribution in [3.63, 3.8) is 0 Å². The molecule has 5 nitrogen and oxygen atoms in total. The van der Waals surface area contributed by atoms with Crippen LogP contribution in [0.2, 0.25) is 0 Å². The molecule has 0 aliphatic carbocycles. The van der Waals surface area contributed by atoms with Gasteiger partial charge in [-0.1, -0.05) is 91.0 Å². The van der Waals surface area contributed by atoms with E-state index in [0.29, 0.717) is 17.5 Å². The van der Waals surface area contributed by atoms with E-state index in [-0.39, 0.29) is 0 Å². The van der Waals surface area contributed by atoms with E-state index in [9.17, 15) is 0 Å². The SMILES string of the molecule is c1ccc(-c2cc(-c3cnccn3)cc(-c3nc(-c4ccccc4)nc(-c4ccccc4)n3)c2)cc1. The third-order valence-corrected chi connectivity index (χ3v) is 5.86. The third-order valence-electron chi connectivity index (χ3n) is 5.86. The Balaban J connectivity index is 1.58. The number of benzene rings is 4. The molecule has 170 valence electrons. The zero-order chi connectivity index (χ0) is 24.2. The van der Waals surface area contributed by atoms with Crippen molar-refractivity contribution in [1.29, 1.82) is 0 Å². The van der Waals surface area contributed by atoms with E-state index in [4.69, 9.17) is 15.0 Å². The lowest BCUT2D eigenvalue weighted by atomic mass is 9.98. The molecule has 2 heterocycles. The summed E-state index contributed by atoms with van der Waals surface area (Å²) >= 11 is 0. The van der Waals surface area contributed by atoms with Gasteiger partial charge >= 0.3 is 0 Å². The second-order valence-corrected chi connectivity index (χ2v) is 8.29. The first kappa shape index (κ1) is 21.5. The topological polar surface area (TPSA) is 64.5 Å². The highest BCUT2D eigenvalue weighted by Gasteiger charge is 2.15. The van der Waals surface area contributed by atoms with Gasteiger partial charge in [-0.25, -0.2) is 15.0 Å². The molecule has 36 heavy (non-hydrogen) atoms. The summed E-state index contributed by atoms with van der Waals surface area (Å²) in [4.78, 5) is 23.4. The van der Waals surface area contributed by atoms with Gasteiger partial charge in [-0.05, 0) is 29.3 Å². The van der Waals surface area contributed by atoms with Crippen LogP contribution in [0.3, 0.4) is 0 Å². The molecule has 0 aliphatic rings. The van der Waals surface area contributed by atoms with E-state index in [0.717, 1.165) is 39.1 Å². The highest BCUT2D eigenvalue weighted by atomic mass is 15.0. The Morgan fingerprint density at radius 2 is 0.861 bits per heavy atom. The van der Waals surface area contributed by atoms with Crippen LogP contribution in [-0.4, -0.2) is 24.9 Å². The summed E-state index contributed by atoms with van der Waals surface area (Å²) in [6.07, 6.45) is 5.15. The zero-order valence-electron chi connectivity index (χ0n) is 19.4. The molecule has 0 bridgehead atoms. The van der Waals surface area contributed by atoms with Crippen LogP contribution in [0.15, 0.2) is 128 Å². The maximum atomic E-state index is 4.91. The van der Waals surface area contributed by atoms with E-state index >= 15 is 0 Å². The van der Waals surface area contributed by atoms with Crippen molar-refractivity contribution in [2.45, 2.75) is 0 Å². The fourth-order valence-corrected chi connectivity index (χ4v) is 4.09. The van der Waals surface area contributed by atoms with Gasteiger partial charge in [0.25, 0.3) is 0 Å². The van der Waals surface area contributed by atoms with Gasteiger partial charge in [0.15, 0.2) is 17.5 Å². The van der Waals surface area contributed by atoms with Crippen LogP contribution >= 0.6 is 0 Å². The number of nitrogens with zero attached hydrogens (tertiary/aromatic N) is 5. The molecule has 6 rings (SSSR count). The zero-order valence-corrected chi connectivity index (χ0v) is 19.4. The Kier molecular flexibility index (Phi) is 5.78. The van der Waals surface area contributed by atoms with Gasteiger partial charge in [-0.2, -0.15) is 0 Å². The minimum atomic E-state index is 0.602. The maximum Gasteiger partial charge on any atom is 0.164 e. The summed E-state index contributed by atoms with van der Waals surface area (Å²) < 4.78 is 0. The molecule has 0 fully saturated rings. The first-order chi connectivity index (χ1) is 17.8. The summed E-state index contributed by atoms with van der Waals surface area (Å²) in [6.45, 7) is 0. The molecule has 0 N–H and O–H groups in total. The second-order valence-electron chi connectivity index (χ2n) is 8.29. The van der Waals surface area contributed by atoms with Crippen molar-refractivity contribution < 1.29 is 0 Å². The molecule has 0 atom stereocenters. The van der Waals surface area contributed by atoms with Crippen LogP contribution in [0.1, 0.15) is 0 Å². The van der Waals surface area contributed by atoms with Crippen LogP contribution < -0.4 is 0 Å². The van der Waals surface area contributed by atoms with E-state index < -0.39 is 0 Å². The molecule has 0 unspecified atom stereocenters. The quantitative estimate of drug-likeness (QED) is 0.275. The first-order valence-electron chi connectivity index (χ1n) is 11.7. The van der Waals surface area contributed by atoms with Crippen LogP contribution in [0.4, 0.5) is 0 Å². The first-order valence-corrected chi connectivity index (χ1v) is 11.7. The Hall–Kier alpha value is -5.03. The Labute approximate surface area is 209 Å². The third kappa shape index (κ3) is 4.50. The van der Waals surface area contributed by atoms with Gasteiger partial charge in [0.2, 0.25) is 0 Å². The number of rotatable bonds is 5. The summed E-state index contributed by atoms with van der Waals surface area (Å²) in [7, 11) is 0. The predicted molar refractivity (Wildman–Crippen MR) is 143 cm³/mol. The molecule has 0 radical (unpaired) electrons. The van der Waals surface area contributed by atoms with Crippen molar-refractivity contribution in [3.8, 4) is 56.5 Å². The molecule has 0 spiro atoms. The molecular formula is C31H21N5. The van der Waals surface area contributed by atoms with Crippen molar-refractivity contribution >= 4 is 0 Å². The average molecular weight is 464 g/mol. The summed E-state index contributed by atoms with van der Waals surface area (Å²) in [5.74, 6) is 1.86. The lowest BCUT2D eigenvalue weighted by molar-refractivity contribution is 1.07. The highest BCUT2D eigenvalue weighted by molar-refractivity contribution is 5.79. The summed E-state index contributed by atoms with van der Waals surface area (Å²) in [5, 5.41) is 0. The Bertz CT molecular complexity index is 1360. The molecule has 5 heteroatoms. The van der Waals surface area contributed by atoms with E-state index in [2.05, 4.69) is 40.3 Å². The normalized spacial score (nSPS) is 10.8. The van der Waals surface area contributed by atoms with Crippen LogP contribution in [0.5, 0.6) is 0 Å². The van der Waals surface area contributed by atoms with Gasteiger partial charge < -0.3 is 0 Å². The van der Waals surface area contributed by atoms with E-state index in [1.165, 1.54) is 0 Å². The molecule has 0 amide bonds. The van der Waals surface area contributed by atoms with Crippen LogP contribution in [0.25, 0.3) is 56.5 Å². The van der Waals surface area contributed by atoms with E-state index in [1.54, 1.807) is 18.6 Å². The molecule has 4 aromatic carbocycles. The highest BCUT2D eigenvalue weighted by Crippen LogP contribution is 2.32. The van der Waals surface area contributed by atoms with Gasteiger partial charge in [-0.3, -0.25) is 9.97 Å². The molecule has 0 aliphatic heterocycles. The van der Waals surface area contributed by atoms with Crippen molar-refractivity contribution in [2.24, 2.45) is 0 Å². The fourth-order valence-electron chi connectivity index (χ4n) is 4.09. The minimum Gasteiger partial charge on any atom is -0.261 e. The molecule has 2 aromatic heterocycles. The van der Waals surface area contributed by atoms with Crippen molar-refractivity contribution in [3.05, 3.63) is 128 Å². The fraction of sp³-hybridized carbons (Fsp3) is 0. The number of hydrogen-bond acceptors (Lipinski definition) is 5. The lowest BCUT2D eigenvalue weighted by Gasteiger charge is -2.12.